The Bertz CT molecular complexity index is 786. The molecule has 0 saturated heterocycles. The van der Waals surface area contributed by atoms with Crippen molar-refractivity contribution in [3.05, 3.63) is 58.6 Å². The Morgan fingerprint density at radius 1 is 1.07 bits per heavy atom. The molecule has 0 spiro atoms. The second-order valence-corrected chi connectivity index (χ2v) is 7.55. The zero-order valence-electron chi connectivity index (χ0n) is 15.0. The quantitative estimate of drug-likeness (QED) is 0.677. The third-order valence-electron chi connectivity index (χ3n) is 4.52. The van der Waals surface area contributed by atoms with Gasteiger partial charge in [0.15, 0.2) is 0 Å². The summed E-state index contributed by atoms with van der Waals surface area (Å²) in [7, 11) is 0. The first-order chi connectivity index (χ1) is 13.1. The van der Waals surface area contributed by atoms with Crippen molar-refractivity contribution in [3.63, 3.8) is 0 Å². The van der Waals surface area contributed by atoms with Crippen LogP contribution < -0.4 is 15.4 Å². The lowest BCUT2D eigenvalue weighted by Gasteiger charge is -2.12. The first-order valence-electron chi connectivity index (χ1n) is 9.19. The minimum atomic E-state index is -0.131. The number of carbonyl (C=O) groups excluding carboxylic acids is 2. The molecule has 142 valence electrons. The lowest BCUT2D eigenvalue weighted by atomic mass is 10.1. The third kappa shape index (κ3) is 6.10. The van der Waals surface area contributed by atoms with Crippen LogP contribution in [0, 0.1) is 0 Å². The highest BCUT2D eigenvalue weighted by Crippen LogP contribution is 2.19. The van der Waals surface area contributed by atoms with E-state index < -0.39 is 0 Å². The van der Waals surface area contributed by atoms with Crippen molar-refractivity contribution < 1.29 is 14.3 Å². The molecule has 2 amide bonds. The second kappa shape index (κ2) is 9.55. The number of amides is 2. The summed E-state index contributed by atoms with van der Waals surface area (Å²) in [4.78, 5) is 24.3. The maximum absolute atomic E-state index is 12.2. The number of ether oxygens (including phenoxy) is 1. The molecule has 0 unspecified atom stereocenters. The van der Waals surface area contributed by atoms with Crippen LogP contribution in [0.25, 0.3) is 0 Å². The molecule has 0 aliphatic heterocycles. The van der Waals surface area contributed by atoms with Crippen LogP contribution in [0.4, 0.5) is 5.69 Å². The largest absolute Gasteiger partial charge is 0.493 e. The number of hydrogen-bond donors (Lipinski definition) is 2. The van der Waals surface area contributed by atoms with Crippen LogP contribution in [-0.2, 0) is 4.79 Å². The van der Waals surface area contributed by atoms with Gasteiger partial charge in [-0.25, -0.2) is 0 Å². The summed E-state index contributed by atoms with van der Waals surface area (Å²) in [5, 5.41) is 5.88. The smallest absolute Gasteiger partial charge is 0.251 e. The average molecular weight is 431 g/mol. The molecule has 0 heterocycles. The van der Waals surface area contributed by atoms with E-state index in [1.807, 2.05) is 24.3 Å². The number of halogens is 1. The molecular weight excluding hydrogens is 408 g/mol. The van der Waals surface area contributed by atoms with Gasteiger partial charge in [-0.2, -0.15) is 0 Å². The minimum absolute atomic E-state index is 0.0535. The van der Waals surface area contributed by atoms with Crippen molar-refractivity contribution in [2.24, 2.45) is 0 Å². The Labute approximate surface area is 167 Å². The molecule has 2 N–H and O–H groups in total. The fourth-order valence-corrected chi connectivity index (χ4v) is 3.46. The Kier molecular flexibility index (Phi) is 6.87. The van der Waals surface area contributed by atoms with Crippen molar-refractivity contribution in [3.8, 4) is 5.75 Å². The summed E-state index contributed by atoms with van der Waals surface area (Å²) < 4.78 is 6.50. The molecule has 2 aromatic rings. The molecule has 1 aliphatic rings. The normalized spacial score (nSPS) is 14.0. The molecule has 1 saturated carbocycles. The van der Waals surface area contributed by atoms with Gasteiger partial charge in [0.1, 0.15) is 5.75 Å². The topological polar surface area (TPSA) is 67.4 Å². The van der Waals surface area contributed by atoms with Gasteiger partial charge in [0.25, 0.3) is 5.91 Å². The van der Waals surface area contributed by atoms with E-state index in [0.717, 1.165) is 23.1 Å². The van der Waals surface area contributed by atoms with Gasteiger partial charge >= 0.3 is 0 Å². The molecule has 3 rings (SSSR count). The van der Waals surface area contributed by atoms with Crippen molar-refractivity contribution in [1.29, 1.82) is 0 Å². The van der Waals surface area contributed by atoms with Gasteiger partial charge in [0, 0.05) is 21.8 Å². The van der Waals surface area contributed by atoms with Gasteiger partial charge in [0.05, 0.1) is 13.0 Å². The fraction of sp³-hybridized carbons (Fsp3) is 0.333. The van der Waals surface area contributed by atoms with Crippen LogP contribution in [-0.4, -0.2) is 24.5 Å². The summed E-state index contributed by atoms with van der Waals surface area (Å²) in [5.41, 5.74) is 1.28. The third-order valence-corrected chi connectivity index (χ3v) is 5.01. The predicted molar refractivity (Wildman–Crippen MR) is 109 cm³/mol. The zero-order valence-corrected chi connectivity index (χ0v) is 16.6. The first kappa shape index (κ1) is 19.4. The van der Waals surface area contributed by atoms with Crippen molar-refractivity contribution in [1.82, 2.24) is 5.32 Å². The van der Waals surface area contributed by atoms with Gasteiger partial charge in [-0.1, -0.05) is 34.8 Å². The van der Waals surface area contributed by atoms with E-state index in [1.54, 1.807) is 24.3 Å². The van der Waals surface area contributed by atoms with Crippen LogP contribution in [0.15, 0.2) is 53.0 Å². The van der Waals surface area contributed by atoms with Crippen LogP contribution in [0.3, 0.4) is 0 Å². The van der Waals surface area contributed by atoms with Gasteiger partial charge in [-0.3, -0.25) is 9.59 Å². The summed E-state index contributed by atoms with van der Waals surface area (Å²) in [5.74, 6) is 0.533. The van der Waals surface area contributed by atoms with E-state index in [9.17, 15) is 9.59 Å². The lowest BCUT2D eigenvalue weighted by Crippen LogP contribution is -2.32. The lowest BCUT2D eigenvalue weighted by molar-refractivity contribution is -0.116. The highest BCUT2D eigenvalue weighted by molar-refractivity contribution is 9.10. The van der Waals surface area contributed by atoms with Gasteiger partial charge in [0.2, 0.25) is 5.91 Å². The Morgan fingerprint density at radius 3 is 2.52 bits per heavy atom. The zero-order chi connectivity index (χ0) is 19.1. The number of rotatable bonds is 7. The standard InChI is InChI=1S/C21H23BrN2O3/c22-16-4-3-7-19(14-16)27-13-12-20(25)23-18-10-8-15(9-11-18)21(26)24-17-5-1-2-6-17/h3-4,7-11,14,17H,1-2,5-6,12-13H2,(H,23,25)(H,24,26). The summed E-state index contributed by atoms with van der Waals surface area (Å²) in [6.07, 6.45) is 4.72. The monoisotopic (exact) mass is 430 g/mol. The average Bonchev–Trinajstić information content (AvgIpc) is 3.15. The van der Waals surface area contributed by atoms with E-state index in [-0.39, 0.29) is 18.2 Å². The molecule has 2 aromatic carbocycles. The minimum Gasteiger partial charge on any atom is -0.493 e. The highest BCUT2D eigenvalue weighted by atomic mass is 79.9. The molecule has 0 bridgehead atoms. The molecule has 0 atom stereocenters. The summed E-state index contributed by atoms with van der Waals surface area (Å²) in [6.45, 7) is 0.296. The molecule has 0 radical (unpaired) electrons. The first-order valence-corrected chi connectivity index (χ1v) is 9.98. The van der Waals surface area contributed by atoms with Crippen LogP contribution in [0.5, 0.6) is 5.75 Å². The van der Waals surface area contributed by atoms with Gasteiger partial charge in [-0.05, 0) is 55.3 Å². The molecule has 1 aliphatic carbocycles. The number of hydrogen-bond acceptors (Lipinski definition) is 3. The molecule has 5 nitrogen and oxygen atoms in total. The summed E-state index contributed by atoms with van der Waals surface area (Å²) >= 11 is 3.38. The predicted octanol–water partition coefficient (Wildman–Crippen LogP) is 4.53. The molecule has 6 heteroatoms. The number of nitrogens with one attached hydrogen (secondary N) is 2. The van der Waals surface area contributed by atoms with Crippen molar-refractivity contribution >= 4 is 33.4 Å². The number of anilines is 1. The van der Waals surface area contributed by atoms with E-state index in [4.69, 9.17) is 4.74 Å². The molecule has 1 fully saturated rings. The van der Waals surface area contributed by atoms with Crippen LogP contribution >= 0.6 is 15.9 Å². The summed E-state index contributed by atoms with van der Waals surface area (Å²) in [6, 6.07) is 14.7. The molecular formula is C21H23BrN2O3. The maximum Gasteiger partial charge on any atom is 0.251 e. The fourth-order valence-electron chi connectivity index (χ4n) is 3.09. The van der Waals surface area contributed by atoms with Crippen LogP contribution in [0.2, 0.25) is 0 Å². The SMILES string of the molecule is O=C(CCOc1cccc(Br)c1)Nc1ccc(C(=O)NC2CCCC2)cc1. The highest BCUT2D eigenvalue weighted by Gasteiger charge is 2.17. The van der Waals surface area contributed by atoms with Crippen molar-refractivity contribution in [2.75, 3.05) is 11.9 Å². The van der Waals surface area contributed by atoms with E-state index in [0.29, 0.717) is 23.9 Å². The van der Waals surface area contributed by atoms with E-state index >= 15 is 0 Å². The van der Waals surface area contributed by atoms with E-state index in [2.05, 4.69) is 26.6 Å². The van der Waals surface area contributed by atoms with Gasteiger partial charge < -0.3 is 15.4 Å². The second-order valence-electron chi connectivity index (χ2n) is 6.64. The molecule has 0 aromatic heterocycles. The van der Waals surface area contributed by atoms with Crippen LogP contribution in [0.1, 0.15) is 42.5 Å². The van der Waals surface area contributed by atoms with E-state index in [1.165, 1.54) is 12.8 Å². The Morgan fingerprint density at radius 2 is 1.81 bits per heavy atom. The number of benzene rings is 2. The van der Waals surface area contributed by atoms with Crippen molar-refractivity contribution in [2.45, 2.75) is 38.1 Å². The van der Waals surface area contributed by atoms with Gasteiger partial charge in [-0.15, -0.1) is 0 Å². The Hall–Kier alpha value is -2.34. The number of carbonyl (C=O) groups is 2. The Balaban J connectivity index is 1.43. The molecule has 27 heavy (non-hydrogen) atoms. The maximum atomic E-state index is 12.2.